The normalized spacial score (nSPS) is 11.2. The fourth-order valence-corrected chi connectivity index (χ4v) is 4.25. The number of carbonyl (C=O) groups excluding carboxylic acids is 1. The molecule has 0 saturated carbocycles. The molecule has 0 saturated heterocycles. The third kappa shape index (κ3) is 4.78. The van der Waals surface area contributed by atoms with Gasteiger partial charge in [0.1, 0.15) is 16.5 Å². The number of anilines is 1. The third-order valence-electron chi connectivity index (χ3n) is 4.21. The molecule has 3 aromatic rings. The summed E-state index contributed by atoms with van der Waals surface area (Å²) in [4.78, 5) is 11.2. The first-order valence-corrected chi connectivity index (χ1v) is 10.8. The van der Waals surface area contributed by atoms with E-state index in [4.69, 9.17) is 16.3 Å². The van der Waals surface area contributed by atoms with Gasteiger partial charge in [-0.05, 0) is 30.7 Å². The predicted molar refractivity (Wildman–Crippen MR) is 112 cm³/mol. The number of rotatable bonds is 6. The Kier molecular flexibility index (Phi) is 6.47. The molecule has 0 aliphatic carbocycles. The first kappa shape index (κ1) is 22.5. The Morgan fingerprint density at radius 1 is 1.10 bits per heavy atom. The number of phenolic OH excluding ortho intramolecular Hbond substituents is 1. The van der Waals surface area contributed by atoms with Crippen molar-refractivity contribution in [1.82, 2.24) is 0 Å². The highest BCUT2D eigenvalue weighted by atomic mass is 35.5. The van der Waals surface area contributed by atoms with E-state index >= 15 is 0 Å². The summed E-state index contributed by atoms with van der Waals surface area (Å²) in [5, 5.41) is 9.72. The highest BCUT2D eigenvalue weighted by Gasteiger charge is 2.26. The molecular formula is C21H16ClF2NO5S. The van der Waals surface area contributed by atoms with E-state index in [1.165, 1.54) is 0 Å². The number of hydrogen-bond donors (Lipinski definition) is 2. The molecule has 0 atom stereocenters. The van der Waals surface area contributed by atoms with Crippen LogP contribution in [-0.4, -0.2) is 26.1 Å². The molecule has 31 heavy (non-hydrogen) atoms. The molecule has 0 aliphatic rings. The van der Waals surface area contributed by atoms with Gasteiger partial charge in [-0.25, -0.2) is 22.0 Å². The zero-order valence-corrected chi connectivity index (χ0v) is 17.6. The summed E-state index contributed by atoms with van der Waals surface area (Å²) in [6.07, 6.45) is 0. The lowest BCUT2D eigenvalue weighted by Gasteiger charge is -2.14. The predicted octanol–water partition coefficient (Wildman–Crippen LogP) is 4.97. The molecule has 0 fully saturated rings. The molecule has 6 nitrogen and oxygen atoms in total. The Balaban J connectivity index is 2.06. The van der Waals surface area contributed by atoms with Crippen LogP contribution in [0.15, 0.2) is 59.5 Å². The van der Waals surface area contributed by atoms with E-state index in [0.717, 1.165) is 18.2 Å². The molecule has 0 heterocycles. The van der Waals surface area contributed by atoms with Crippen molar-refractivity contribution in [2.45, 2.75) is 11.8 Å². The second-order valence-electron chi connectivity index (χ2n) is 6.31. The van der Waals surface area contributed by atoms with E-state index in [1.54, 1.807) is 37.3 Å². The van der Waals surface area contributed by atoms with Crippen LogP contribution in [0.4, 0.5) is 14.5 Å². The molecule has 3 rings (SSSR count). The summed E-state index contributed by atoms with van der Waals surface area (Å²) >= 11 is 5.86. The number of hydrogen-bond acceptors (Lipinski definition) is 5. The van der Waals surface area contributed by atoms with Gasteiger partial charge < -0.3 is 9.84 Å². The van der Waals surface area contributed by atoms with Crippen molar-refractivity contribution in [1.29, 1.82) is 0 Å². The SMILES string of the molecule is CCOC(=O)c1cc(Cl)c(O)c(S(=O)(=O)Nc2cc(-c3ccccc3)c(F)cc2F)c1. The van der Waals surface area contributed by atoms with Gasteiger partial charge in [-0.3, -0.25) is 4.72 Å². The van der Waals surface area contributed by atoms with Gasteiger partial charge in [0.2, 0.25) is 0 Å². The van der Waals surface area contributed by atoms with Crippen molar-refractivity contribution in [3.05, 3.63) is 76.8 Å². The monoisotopic (exact) mass is 467 g/mol. The van der Waals surface area contributed by atoms with E-state index in [1.807, 2.05) is 4.72 Å². The van der Waals surface area contributed by atoms with E-state index in [0.29, 0.717) is 11.6 Å². The van der Waals surface area contributed by atoms with Crippen LogP contribution in [0, 0.1) is 11.6 Å². The number of ether oxygens (including phenoxy) is 1. The van der Waals surface area contributed by atoms with Crippen molar-refractivity contribution in [3.63, 3.8) is 0 Å². The van der Waals surface area contributed by atoms with Crippen LogP contribution in [0.1, 0.15) is 17.3 Å². The Bertz CT molecular complexity index is 1250. The summed E-state index contributed by atoms with van der Waals surface area (Å²) in [6, 6.07) is 11.6. The van der Waals surface area contributed by atoms with Crippen LogP contribution < -0.4 is 4.72 Å². The molecule has 10 heteroatoms. The molecule has 2 N–H and O–H groups in total. The standard InChI is InChI=1S/C21H16ClF2NO5S/c1-2-30-21(27)13-8-15(22)20(26)19(9-13)31(28,29)25-18-10-14(16(23)11-17(18)24)12-6-4-3-5-7-12/h3-11,25-26H,2H2,1H3. The van der Waals surface area contributed by atoms with Crippen molar-refractivity contribution < 1.29 is 31.8 Å². The van der Waals surface area contributed by atoms with Crippen LogP contribution in [-0.2, 0) is 14.8 Å². The summed E-state index contributed by atoms with van der Waals surface area (Å²) in [6.45, 7) is 1.58. The van der Waals surface area contributed by atoms with Gasteiger partial charge in [0, 0.05) is 11.6 Å². The average Bonchev–Trinajstić information content (AvgIpc) is 2.72. The maximum Gasteiger partial charge on any atom is 0.338 e. The van der Waals surface area contributed by atoms with E-state index in [9.17, 15) is 27.1 Å². The second-order valence-corrected chi connectivity index (χ2v) is 8.37. The molecule has 0 unspecified atom stereocenters. The van der Waals surface area contributed by atoms with E-state index in [2.05, 4.69) is 0 Å². The zero-order valence-electron chi connectivity index (χ0n) is 16.0. The Morgan fingerprint density at radius 3 is 2.42 bits per heavy atom. The second kappa shape index (κ2) is 8.91. The highest BCUT2D eigenvalue weighted by Crippen LogP contribution is 2.35. The average molecular weight is 468 g/mol. The maximum absolute atomic E-state index is 14.4. The highest BCUT2D eigenvalue weighted by molar-refractivity contribution is 7.92. The summed E-state index contributed by atoms with van der Waals surface area (Å²) in [5.74, 6) is -3.76. The van der Waals surface area contributed by atoms with Crippen molar-refractivity contribution in [2.75, 3.05) is 11.3 Å². The fraction of sp³-hybridized carbons (Fsp3) is 0.0952. The molecule has 0 aliphatic heterocycles. The Hall–Kier alpha value is -3.17. The van der Waals surface area contributed by atoms with Crippen LogP contribution in [0.25, 0.3) is 11.1 Å². The van der Waals surface area contributed by atoms with Gasteiger partial charge >= 0.3 is 5.97 Å². The lowest BCUT2D eigenvalue weighted by Crippen LogP contribution is -2.16. The van der Waals surface area contributed by atoms with Gasteiger partial charge in [0.05, 0.1) is 22.9 Å². The molecule has 0 aromatic heterocycles. The lowest BCUT2D eigenvalue weighted by atomic mass is 10.0. The van der Waals surface area contributed by atoms with Crippen LogP contribution in [0.3, 0.4) is 0 Å². The van der Waals surface area contributed by atoms with Gasteiger partial charge in [-0.2, -0.15) is 0 Å². The van der Waals surface area contributed by atoms with Crippen LogP contribution >= 0.6 is 11.6 Å². The van der Waals surface area contributed by atoms with Crippen molar-refractivity contribution in [3.8, 4) is 16.9 Å². The van der Waals surface area contributed by atoms with Gasteiger partial charge in [-0.1, -0.05) is 41.9 Å². The smallest absolute Gasteiger partial charge is 0.338 e. The van der Waals surface area contributed by atoms with Crippen LogP contribution in [0.5, 0.6) is 5.75 Å². The largest absolute Gasteiger partial charge is 0.505 e. The summed E-state index contributed by atoms with van der Waals surface area (Å²) < 4.78 is 61.1. The Morgan fingerprint density at radius 2 is 1.77 bits per heavy atom. The number of halogens is 3. The summed E-state index contributed by atoms with van der Waals surface area (Å²) in [7, 11) is -4.63. The minimum absolute atomic E-state index is 0.0285. The minimum Gasteiger partial charge on any atom is -0.505 e. The molecular weight excluding hydrogens is 452 g/mol. The number of phenols is 1. The number of carbonyl (C=O) groups is 1. The molecule has 0 spiro atoms. The number of aromatic hydroxyl groups is 1. The zero-order chi connectivity index (χ0) is 22.8. The first-order chi connectivity index (χ1) is 14.6. The van der Waals surface area contributed by atoms with Crippen molar-refractivity contribution in [2.24, 2.45) is 0 Å². The minimum atomic E-state index is -4.63. The third-order valence-corrected chi connectivity index (χ3v) is 5.88. The van der Waals surface area contributed by atoms with Gasteiger partial charge in [-0.15, -0.1) is 0 Å². The molecule has 0 amide bonds. The van der Waals surface area contributed by atoms with Crippen LogP contribution in [0.2, 0.25) is 5.02 Å². The van der Waals surface area contributed by atoms with Crippen molar-refractivity contribution >= 4 is 33.3 Å². The van der Waals surface area contributed by atoms with E-state index in [-0.39, 0.29) is 17.7 Å². The fourth-order valence-electron chi connectivity index (χ4n) is 2.78. The van der Waals surface area contributed by atoms with E-state index < -0.39 is 49.0 Å². The Labute approximate surface area is 182 Å². The van der Waals surface area contributed by atoms with Gasteiger partial charge in [0.25, 0.3) is 10.0 Å². The number of benzene rings is 3. The molecule has 162 valence electrons. The summed E-state index contributed by atoms with van der Waals surface area (Å²) in [5.41, 5.74) is -0.426. The number of sulfonamides is 1. The number of esters is 1. The molecule has 3 aromatic carbocycles. The number of nitrogens with one attached hydrogen (secondary N) is 1. The van der Waals surface area contributed by atoms with Gasteiger partial charge in [0.15, 0.2) is 5.75 Å². The molecule has 0 bridgehead atoms. The quantitative estimate of drug-likeness (QED) is 0.499. The molecule has 0 radical (unpaired) electrons. The lowest BCUT2D eigenvalue weighted by molar-refractivity contribution is 0.0526. The topological polar surface area (TPSA) is 92.7 Å². The maximum atomic E-state index is 14.4. The first-order valence-electron chi connectivity index (χ1n) is 8.91.